The van der Waals surface area contributed by atoms with Gasteiger partial charge in [-0.3, -0.25) is 4.79 Å². The molecule has 0 saturated heterocycles. The predicted octanol–water partition coefficient (Wildman–Crippen LogP) is 3.68. The average molecular weight is 371 g/mol. The highest BCUT2D eigenvalue weighted by molar-refractivity contribution is 7.99. The van der Waals surface area contributed by atoms with E-state index in [9.17, 15) is 4.79 Å². The molecule has 1 aliphatic heterocycles. The molecule has 1 aromatic carbocycles. The standard InChI is InChI=1S/C20H26N4OS/c25-19(21-17-10-6-8-15-7-3-4-9-16(15)17)12-14-26-20-23-22-18-11-2-1-5-13-24(18)20/h3-4,7,9,17H,1-2,5-6,8,10-14H2,(H,21,25)/t17-/m1/s1. The van der Waals surface area contributed by atoms with Crippen molar-refractivity contribution in [1.82, 2.24) is 20.1 Å². The van der Waals surface area contributed by atoms with Crippen LogP contribution in [0, 0.1) is 0 Å². The van der Waals surface area contributed by atoms with Crippen LogP contribution in [0.15, 0.2) is 29.4 Å². The van der Waals surface area contributed by atoms with Gasteiger partial charge in [-0.1, -0.05) is 42.4 Å². The van der Waals surface area contributed by atoms with E-state index < -0.39 is 0 Å². The number of carbonyl (C=O) groups is 1. The number of hydrogen-bond donors (Lipinski definition) is 1. The molecule has 1 amide bonds. The van der Waals surface area contributed by atoms with Crippen LogP contribution in [0.2, 0.25) is 0 Å². The van der Waals surface area contributed by atoms with Gasteiger partial charge in [-0.25, -0.2) is 0 Å². The number of carbonyl (C=O) groups excluding carboxylic acids is 1. The third-order valence-electron chi connectivity index (χ3n) is 5.34. The summed E-state index contributed by atoms with van der Waals surface area (Å²) in [6.45, 7) is 1.01. The Morgan fingerprint density at radius 3 is 3.04 bits per heavy atom. The summed E-state index contributed by atoms with van der Waals surface area (Å²) < 4.78 is 2.24. The van der Waals surface area contributed by atoms with Crippen molar-refractivity contribution in [2.75, 3.05) is 5.75 Å². The van der Waals surface area contributed by atoms with Crippen molar-refractivity contribution in [1.29, 1.82) is 0 Å². The molecule has 4 rings (SSSR count). The van der Waals surface area contributed by atoms with Crippen molar-refractivity contribution in [3.05, 3.63) is 41.2 Å². The summed E-state index contributed by atoms with van der Waals surface area (Å²) in [5.74, 6) is 1.99. The molecule has 0 radical (unpaired) electrons. The Hall–Kier alpha value is -1.82. The molecule has 26 heavy (non-hydrogen) atoms. The molecule has 2 heterocycles. The molecule has 2 aliphatic rings. The quantitative estimate of drug-likeness (QED) is 0.816. The van der Waals surface area contributed by atoms with Crippen LogP contribution in [0.5, 0.6) is 0 Å². The molecule has 1 aromatic heterocycles. The number of rotatable bonds is 5. The highest BCUT2D eigenvalue weighted by Crippen LogP contribution is 2.29. The lowest BCUT2D eigenvalue weighted by Crippen LogP contribution is -2.31. The lowest BCUT2D eigenvalue weighted by Gasteiger charge is -2.26. The minimum Gasteiger partial charge on any atom is -0.349 e. The van der Waals surface area contributed by atoms with Gasteiger partial charge in [0, 0.05) is 25.1 Å². The topological polar surface area (TPSA) is 59.8 Å². The van der Waals surface area contributed by atoms with Gasteiger partial charge in [0.15, 0.2) is 5.16 Å². The number of fused-ring (bicyclic) bond motifs is 2. The second-order valence-corrected chi connectivity index (χ2v) is 8.23. The first-order chi connectivity index (χ1) is 12.8. The first-order valence-electron chi connectivity index (χ1n) is 9.73. The SMILES string of the molecule is O=C(CCSc1nnc2n1CCCCC2)N[C@@H]1CCCc2ccccc21. The number of benzene rings is 1. The van der Waals surface area contributed by atoms with Gasteiger partial charge in [-0.05, 0) is 43.2 Å². The van der Waals surface area contributed by atoms with Crippen molar-refractivity contribution in [2.45, 2.75) is 69.1 Å². The summed E-state index contributed by atoms with van der Waals surface area (Å²) in [4.78, 5) is 12.4. The van der Waals surface area contributed by atoms with Crippen LogP contribution in [0.3, 0.4) is 0 Å². The Kier molecular flexibility index (Phi) is 5.58. The third kappa shape index (κ3) is 3.95. The maximum absolute atomic E-state index is 12.4. The number of hydrogen-bond acceptors (Lipinski definition) is 4. The number of thioether (sulfide) groups is 1. The summed E-state index contributed by atoms with van der Waals surface area (Å²) in [6, 6.07) is 8.65. The van der Waals surface area contributed by atoms with Gasteiger partial charge in [0.1, 0.15) is 5.82 Å². The average Bonchev–Trinajstić information content (AvgIpc) is 2.88. The summed E-state index contributed by atoms with van der Waals surface area (Å²) in [5, 5.41) is 12.9. The molecule has 0 spiro atoms. The monoisotopic (exact) mass is 370 g/mol. The normalized spacial score (nSPS) is 19.3. The molecule has 1 atom stereocenters. The van der Waals surface area contributed by atoms with Crippen LogP contribution >= 0.6 is 11.8 Å². The van der Waals surface area contributed by atoms with Crippen LogP contribution in [-0.4, -0.2) is 26.4 Å². The second kappa shape index (κ2) is 8.25. The van der Waals surface area contributed by atoms with Gasteiger partial charge in [-0.15, -0.1) is 10.2 Å². The van der Waals surface area contributed by atoms with Crippen LogP contribution in [-0.2, 0) is 24.2 Å². The van der Waals surface area contributed by atoms with Crippen LogP contribution < -0.4 is 5.32 Å². The van der Waals surface area contributed by atoms with Gasteiger partial charge in [0.2, 0.25) is 5.91 Å². The van der Waals surface area contributed by atoms with Crippen molar-refractivity contribution in [3.63, 3.8) is 0 Å². The minimum absolute atomic E-state index is 0.134. The molecular weight excluding hydrogens is 344 g/mol. The van der Waals surface area contributed by atoms with Crippen molar-refractivity contribution in [2.24, 2.45) is 0 Å². The second-order valence-electron chi connectivity index (χ2n) is 7.17. The number of aromatic nitrogens is 3. The van der Waals surface area contributed by atoms with E-state index in [-0.39, 0.29) is 11.9 Å². The van der Waals surface area contributed by atoms with Crippen LogP contribution in [0.25, 0.3) is 0 Å². The molecule has 1 N–H and O–H groups in total. The molecule has 138 valence electrons. The van der Waals surface area contributed by atoms with E-state index in [4.69, 9.17) is 0 Å². The van der Waals surface area contributed by atoms with Crippen LogP contribution in [0.1, 0.15) is 61.5 Å². The van der Waals surface area contributed by atoms with Gasteiger partial charge < -0.3 is 9.88 Å². The number of nitrogens with zero attached hydrogens (tertiary/aromatic N) is 3. The van der Waals surface area contributed by atoms with Gasteiger partial charge in [0.05, 0.1) is 6.04 Å². The lowest BCUT2D eigenvalue weighted by atomic mass is 9.88. The number of amides is 1. The van der Waals surface area contributed by atoms with Crippen LogP contribution in [0.4, 0.5) is 0 Å². The molecule has 0 unspecified atom stereocenters. The Labute approximate surface area is 159 Å². The smallest absolute Gasteiger partial charge is 0.221 e. The zero-order chi connectivity index (χ0) is 17.8. The zero-order valence-electron chi connectivity index (χ0n) is 15.1. The Balaban J connectivity index is 1.30. The fraction of sp³-hybridized carbons (Fsp3) is 0.550. The van der Waals surface area contributed by atoms with Crippen molar-refractivity contribution < 1.29 is 4.79 Å². The predicted molar refractivity (Wildman–Crippen MR) is 103 cm³/mol. The third-order valence-corrected chi connectivity index (χ3v) is 6.31. The molecule has 6 heteroatoms. The molecule has 2 aromatic rings. The summed E-state index contributed by atoms with van der Waals surface area (Å²) in [6.07, 6.45) is 8.50. The lowest BCUT2D eigenvalue weighted by molar-refractivity contribution is -0.121. The van der Waals surface area contributed by atoms with Crippen molar-refractivity contribution in [3.8, 4) is 0 Å². The van der Waals surface area contributed by atoms with E-state index in [0.29, 0.717) is 6.42 Å². The zero-order valence-corrected chi connectivity index (χ0v) is 15.9. The highest BCUT2D eigenvalue weighted by atomic mass is 32.2. The Bertz CT molecular complexity index is 773. The summed E-state index contributed by atoms with van der Waals surface area (Å²) in [5.41, 5.74) is 2.67. The van der Waals surface area contributed by atoms with Crippen molar-refractivity contribution >= 4 is 17.7 Å². The first kappa shape index (κ1) is 17.6. The molecule has 1 aliphatic carbocycles. The fourth-order valence-electron chi connectivity index (χ4n) is 3.97. The van der Waals surface area contributed by atoms with E-state index in [1.54, 1.807) is 11.8 Å². The first-order valence-corrected chi connectivity index (χ1v) is 10.7. The summed E-state index contributed by atoms with van der Waals surface area (Å²) in [7, 11) is 0. The van der Waals surface area contributed by atoms with E-state index >= 15 is 0 Å². The fourth-order valence-corrected chi connectivity index (χ4v) is 4.89. The molecule has 5 nitrogen and oxygen atoms in total. The van der Waals surface area contributed by atoms with E-state index in [1.807, 2.05) is 0 Å². The molecule has 0 fully saturated rings. The molecular formula is C20H26N4OS. The van der Waals surface area contributed by atoms with E-state index in [2.05, 4.69) is 44.3 Å². The maximum Gasteiger partial charge on any atom is 0.221 e. The largest absolute Gasteiger partial charge is 0.349 e. The van der Waals surface area contributed by atoms with Gasteiger partial charge >= 0.3 is 0 Å². The van der Waals surface area contributed by atoms with E-state index in [0.717, 1.165) is 49.0 Å². The van der Waals surface area contributed by atoms with E-state index in [1.165, 1.54) is 30.4 Å². The Morgan fingerprint density at radius 1 is 1.15 bits per heavy atom. The number of aryl methyl sites for hydroxylation is 2. The Morgan fingerprint density at radius 2 is 2.08 bits per heavy atom. The number of nitrogens with one attached hydrogen (secondary N) is 1. The highest BCUT2D eigenvalue weighted by Gasteiger charge is 2.21. The van der Waals surface area contributed by atoms with Gasteiger partial charge in [-0.2, -0.15) is 0 Å². The van der Waals surface area contributed by atoms with Gasteiger partial charge in [0.25, 0.3) is 0 Å². The molecule has 0 saturated carbocycles. The molecule has 0 bridgehead atoms. The maximum atomic E-state index is 12.4. The summed E-state index contributed by atoms with van der Waals surface area (Å²) >= 11 is 1.66. The minimum atomic E-state index is 0.134.